The van der Waals surface area contributed by atoms with Crippen molar-refractivity contribution in [2.24, 2.45) is 0 Å². The summed E-state index contributed by atoms with van der Waals surface area (Å²) in [5.74, 6) is -0.479. The number of carbonyl (C=O) groups excluding carboxylic acids is 2. The van der Waals surface area contributed by atoms with Crippen LogP contribution in [0, 0.1) is 0 Å². The van der Waals surface area contributed by atoms with E-state index in [0.717, 1.165) is 34.0 Å². The predicted octanol–water partition coefficient (Wildman–Crippen LogP) is 2.41. The van der Waals surface area contributed by atoms with Crippen LogP contribution in [0.2, 0.25) is 0 Å². The van der Waals surface area contributed by atoms with Crippen LogP contribution in [-0.4, -0.2) is 33.5 Å². The van der Waals surface area contributed by atoms with E-state index >= 15 is 0 Å². The fourth-order valence-corrected chi connectivity index (χ4v) is 3.53. The number of nitrogens with zero attached hydrogens (tertiary/aromatic N) is 1. The Morgan fingerprint density at radius 2 is 2.00 bits per heavy atom. The Morgan fingerprint density at radius 1 is 1.15 bits per heavy atom. The number of hydrogen-bond donors (Lipinski definition) is 3. The van der Waals surface area contributed by atoms with Gasteiger partial charge in [0.2, 0.25) is 5.91 Å². The Labute approximate surface area is 150 Å². The highest BCUT2D eigenvalue weighted by Gasteiger charge is 2.22. The van der Waals surface area contributed by atoms with E-state index in [1.165, 1.54) is 0 Å². The van der Waals surface area contributed by atoms with Gasteiger partial charge in [-0.1, -0.05) is 24.3 Å². The lowest BCUT2D eigenvalue weighted by Crippen LogP contribution is -2.37. The molecule has 132 valence electrons. The topological polar surface area (TPSA) is 85.4 Å². The highest BCUT2D eigenvalue weighted by atomic mass is 16.5. The summed E-state index contributed by atoms with van der Waals surface area (Å²) in [6, 6.07) is 13.3. The molecule has 6 nitrogen and oxygen atoms in total. The van der Waals surface area contributed by atoms with Crippen LogP contribution in [0.4, 0.5) is 0 Å². The summed E-state index contributed by atoms with van der Waals surface area (Å²) in [5.41, 5.74) is 6.13. The molecule has 4 rings (SSSR count). The van der Waals surface area contributed by atoms with Gasteiger partial charge in [-0.15, -0.1) is 0 Å². The van der Waals surface area contributed by atoms with Gasteiger partial charge in [-0.05, 0) is 41.3 Å². The van der Waals surface area contributed by atoms with Crippen molar-refractivity contribution in [2.75, 3.05) is 6.54 Å². The third-order valence-electron chi connectivity index (χ3n) is 4.95. The number of para-hydroxylation sites is 1. The minimum Gasteiger partial charge on any atom is -0.361 e. The molecule has 26 heavy (non-hydrogen) atoms. The van der Waals surface area contributed by atoms with Crippen LogP contribution in [0.15, 0.2) is 48.7 Å². The summed E-state index contributed by atoms with van der Waals surface area (Å²) in [6.45, 7) is 1.14. The molecule has 0 saturated carbocycles. The lowest BCUT2D eigenvalue weighted by Gasteiger charge is -2.29. The van der Waals surface area contributed by atoms with E-state index in [1.54, 1.807) is 17.6 Å². The molecule has 2 aromatic carbocycles. The molecule has 6 heteroatoms. The summed E-state index contributed by atoms with van der Waals surface area (Å²) in [7, 11) is 0. The third-order valence-corrected chi connectivity index (χ3v) is 4.95. The highest BCUT2D eigenvalue weighted by Crippen LogP contribution is 2.23. The second-order valence-corrected chi connectivity index (χ2v) is 6.53. The quantitative estimate of drug-likeness (QED) is 0.501. The fourth-order valence-electron chi connectivity index (χ4n) is 3.53. The maximum absolute atomic E-state index is 12.8. The first kappa shape index (κ1) is 16.4. The van der Waals surface area contributed by atoms with Crippen molar-refractivity contribution in [3.8, 4) is 0 Å². The molecule has 2 amide bonds. The van der Waals surface area contributed by atoms with Crippen molar-refractivity contribution in [3.63, 3.8) is 0 Å². The number of aromatic amines is 1. The molecule has 0 unspecified atom stereocenters. The lowest BCUT2D eigenvalue weighted by atomic mass is 9.96. The number of hydrogen-bond acceptors (Lipinski definition) is 3. The summed E-state index contributed by atoms with van der Waals surface area (Å²) >= 11 is 0. The molecule has 1 aliphatic rings. The zero-order valence-electron chi connectivity index (χ0n) is 14.2. The first-order valence-corrected chi connectivity index (χ1v) is 8.54. The highest BCUT2D eigenvalue weighted by molar-refractivity contribution is 5.93. The van der Waals surface area contributed by atoms with Gasteiger partial charge in [0.1, 0.15) is 0 Å². The average Bonchev–Trinajstić information content (AvgIpc) is 3.09. The number of nitrogens with one attached hydrogen (secondary N) is 2. The minimum absolute atomic E-state index is 0.0671. The van der Waals surface area contributed by atoms with Gasteiger partial charge in [-0.25, -0.2) is 5.48 Å². The zero-order chi connectivity index (χ0) is 18.1. The lowest BCUT2D eigenvalue weighted by molar-refractivity contribution is -0.131. The van der Waals surface area contributed by atoms with E-state index in [4.69, 9.17) is 5.21 Å². The number of carbonyl (C=O) groups is 2. The Morgan fingerprint density at radius 3 is 2.85 bits per heavy atom. The van der Waals surface area contributed by atoms with Crippen LogP contribution in [-0.2, 0) is 24.2 Å². The van der Waals surface area contributed by atoms with Crippen LogP contribution in [0.3, 0.4) is 0 Å². The standard InChI is InChI=1S/C20H19N3O3/c24-19(10-15-11-21-18-4-2-1-3-17(15)18)23-8-7-13-5-6-14(20(25)22-26)9-16(13)12-23/h1-6,9,11,21,26H,7-8,10,12H2,(H,22,25). The molecule has 3 aromatic rings. The van der Waals surface area contributed by atoms with Gasteiger partial charge in [0.05, 0.1) is 6.42 Å². The van der Waals surface area contributed by atoms with Gasteiger partial charge in [0, 0.05) is 35.8 Å². The monoisotopic (exact) mass is 349 g/mol. The molecule has 0 aliphatic carbocycles. The minimum atomic E-state index is -0.546. The third kappa shape index (κ3) is 2.95. The van der Waals surface area contributed by atoms with E-state index in [2.05, 4.69) is 4.98 Å². The SMILES string of the molecule is O=C(NO)c1ccc2c(c1)CN(C(=O)Cc1c[nH]c3ccccc13)CC2. The molecule has 3 N–H and O–H groups in total. The molecule has 0 radical (unpaired) electrons. The molecule has 0 fully saturated rings. The Hall–Kier alpha value is -3.12. The molecule has 1 aliphatic heterocycles. The Bertz CT molecular complexity index is 993. The van der Waals surface area contributed by atoms with Crippen molar-refractivity contribution >= 4 is 22.7 Å². The second kappa shape index (κ2) is 6.65. The number of rotatable bonds is 3. The van der Waals surface area contributed by atoms with Crippen LogP contribution in [0.1, 0.15) is 27.0 Å². The van der Waals surface area contributed by atoms with Gasteiger partial charge >= 0.3 is 0 Å². The Balaban J connectivity index is 1.52. The number of fused-ring (bicyclic) bond motifs is 2. The smallest absolute Gasteiger partial charge is 0.274 e. The molecule has 0 spiro atoms. The second-order valence-electron chi connectivity index (χ2n) is 6.53. The zero-order valence-corrected chi connectivity index (χ0v) is 14.2. The molecule has 1 aromatic heterocycles. The van der Waals surface area contributed by atoms with E-state index in [1.807, 2.05) is 41.4 Å². The van der Waals surface area contributed by atoms with Crippen LogP contribution >= 0.6 is 0 Å². The van der Waals surface area contributed by atoms with Crippen molar-refractivity contribution in [1.82, 2.24) is 15.4 Å². The average molecular weight is 349 g/mol. The number of benzene rings is 2. The molecule has 0 saturated heterocycles. The van der Waals surface area contributed by atoms with Crippen molar-refractivity contribution in [3.05, 3.63) is 70.9 Å². The van der Waals surface area contributed by atoms with Crippen molar-refractivity contribution in [2.45, 2.75) is 19.4 Å². The first-order valence-electron chi connectivity index (χ1n) is 8.54. The number of aromatic nitrogens is 1. The van der Waals surface area contributed by atoms with E-state index in [9.17, 15) is 9.59 Å². The van der Waals surface area contributed by atoms with Gasteiger partial charge in [0.25, 0.3) is 5.91 Å². The number of hydroxylamine groups is 1. The Kier molecular flexibility index (Phi) is 4.18. The summed E-state index contributed by atoms with van der Waals surface area (Å²) in [6.07, 6.45) is 3.00. The van der Waals surface area contributed by atoms with Gasteiger partial charge in [0.15, 0.2) is 0 Å². The summed E-state index contributed by atoms with van der Waals surface area (Å²) in [5, 5.41) is 9.87. The fraction of sp³-hybridized carbons (Fsp3) is 0.200. The normalized spacial score (nSPS) is 13.5. The molecule has 0 atom stereocenters. The first-order chi connectivity index (χ1) is 12.7. The van der Waals surface area contributed by atoms with Crippen molar-refractivity contribution < 1.29 is 14.8 Å². The predicted molar refractivity (Wildman–Crippen MR) is 96.8 cm³/mol. The summed E-state index contributed by atoms with van der Waals surface area (Å²) < 4.78 is 0. The van der Waals surface area contributed by atoms with Crippen LogP contribution in [0.25, 0.3) is 10.9 Å². The van der Waals surface area contributed by atoms with Gasteiger partial charge in [-0.3, -0.25) is 14.8 Å². The maximum atomic E-state index is 12.8. The van der Waals surface area contributed by atoms with Crippen molar-refractivity contribution in [1.29, 1.82) is 0 Å². The van der Waals surface area contributed by atoms with Crippen LogP contribution < -0.4 is 5.48 Å². The molecular weight excluding hydrogens is 330 g/mol. The van der Waals surface area contributed by atoms with E-state index < -0.39 is 5.91 Å². The largest absolute Gasteiger partial charge is 0.361 e. The van der Waals surface area contributed by atoms with Crippen LogP contribution in [0.5, 0.6) is 0 Å². The van der Waals surface area contributed by atoms with E-state index in [-0.39, 0.29) is 5.91 Å². The molecule has 0 bridgehead atoms. The molecule has 2 heterocycles. The maximum Gasteiger partial charge on any atom is 0.274 e. The van der Waals surface area contributed by atoms with E-state index in [0.29, 0.717) is 25.1 Å². The van der Waals surface area contributed by atoms with Gasteiger partial charge < -0.3 is 9.88 Å². The number of H-pyrrole nitrogens is 1. The number of amides is 2. The summed E-state index contributed by atoms with van der Waals surface area (Å²) in [4.78, 5) is 29.4. The molecular formula is C20H19N3O3. The van der Waals surface area contributed by atoms with Gasteiger partial charge in [-0.2, -0.15) is 0 Å².